The first-order valence-corrected chi connectivity index (χ1v) is 9.63. The molecule has 136 valence electrons. The van der Waals surface area contributed by atoms with Crippen LogP contribution < -0.4 is 0 Å². The minimum absolute atomic E-state index is 0.0520. The number of aromatic hydroxyl groups is 1. The van der Waals surface area contributed by atoms with E-state index in [9.17, 15) is 5.11 Å². The molecule has 5 rings (SSSR count). The molecule has 8 heteroatoms. The van der Waals surface area contributed by atoms with E-state index in [1.165, 1.54) is 11.3 Å². The summed E-state index contributed by atoms with van der Waals surface area (Å²) in [6.07, 6.45) is 0. The summed E-state index contributed by atoms with van der Waals surface area (Å²) in [6.45, 7) is 0. The second-order valence-corrected chi connectivity index (χ2v) is 7.40. The van der Waals surface area contributed by atoms with E-state index in [1.54, 1.807) is 0 Å². The van der Waals surface area contributed by atoms with Crippen LogP contribution in [0.3, 0.4) is 0 Å². The molecule has 28 heavy (non-hydrogen) atoms. The number of hydrogen-bond donors (Lipinski definition) is 2. The van der Waals surface area contributed by atoms with E-state index < -0.39 is 0 Å². The lowest BCUT2D eigenvalue weighted by atomic mass is 9.97. The molecule has 0 spiro atoms. The second-order valence-electron chi connectivity index (χ2n) is 6.03. The summed E-state index contributed by atoms with van der Waals surface area (Å²) in [6, 6.07) is 19.6. The molecule has 0 saturated carbocycles. The molecular formula is C20H12N4O2S2. The Kier molecular flexibility index (Phi) is 4.00. The molecule has 0 fully saturated rings. The van der Waals surface area contributed by atoms with E-state index >= 15 is 0 Å². The SMILES string of the molecule is Oc1c(-c2n[nH]c(=S)o2)sc2nnc(-c3ccccc3)c(-c3ccccc3)c12. The fourth-order valence-corrected chi connectivity index (χ4v) is 4.20. The van der Waals surface area contributed by atoms with Gasteiger partial charge in [-0.25, -0.2) is 5.10 Å². The highest BCUT2D eigenvalue weighted by Crippen LogP contribution is 2.48. The highest BCUT2D eigenvalue weighted by molar-refractivity contribution is 7.71. The van der Waals surface area contributed by atoms with Crippen LogP contribution in [0.25, 0.3) is 43.4 Å². The van der Waals surface area contributed by atoms with E-state index in [2.05, 4.69) is 20.4 Å². The van der Waals surface area contributed by atoms with Gasteiger partial charge in [0.2, 0.25) is 0 Å². The number of aromatic nitrogens is 4. The highest BCUT2D eigenvalue weighted by Gasteiger charge is 2.24. The van der Waals surface area contributed by atoms with Crippen molar-refractivity contribution in [3.05, 3.63) is 65.5 Å². The summed E-state index contributed by atoms with van der Waals surface area (Å²) in [4.78, 5) is 1.19. The summed E-state index contributed by atoms with van der Waals surface area (Å²) in [5, 5.41) is 27.1. The van der Waals surface area contributed by atoms with Gasteiger partial charge in [0.25, 0.3) is 10.7 Å². The Hall–Kier alpha value is -3.36. The molecule has 0 saturated heterocycles. The van der Waals surface area contributed by atoms with E-state index in [-0.39, 0.29) is 16.5 Å². The average molecular weight is 404 g/mol. The van der Waals surface area contributed by atoms with Gasteiger partial charge in [-0.1, -0.05) is 60.7 Å². The molecule has 2 aromatic carbocycles. The molecule has 0 amide bonds. The van der Waals surface area contributed by atoms with E-state index in [4.69, 9.17) is 16.6 Å². The molecular weight excluding hydrogens is 392 g/mol. The Morgan fingerprint density at radius 1 is 0.929 bits per heavy atom. The minimum atomic E-state index is 0.0520. The van der Waals surface area contributed by atoms with Crippen molar-refractivity contribution in [1.29, 1.82) is 0 Å². The van der Waals surface area contributed by atoms with E-state index in [0.717, 1.165) is 16.7 Å². The number of fused-ring (bicyclic) bond motifs is 1. The quantitative estimate of drug-likeness (QED) is 0.389. The molecule has 0 aliphatic rings. The summed E-state index contributed by atoms with van der Waals surface area (Å²) in [5.41, 5.74) is 3.36. The number of aromatic amines is 1. The van der Waals surface area contributed by atoms with E-state index in [0.29, 0.717) is 20.8 Å². The largest absolute Gasteiger partial charge is 0.505 e. The van der Waals surface area contributed by atoms with Gasteiger partial charge in [-0.05, 0) is 17.8 Å². The van der Waals surface area contributed by atoms with Gasteiger partial charge in [0.05, 0.1) is 5.39 Å². The van der Waals surface area contributed by atoms with Crippen LogP contribution in [-0.2, 0) is 0 Å². The zero-order valence-corrected chi connectivity index (χ0v) is 15.9. The predicted octanol–water partition coefficient (Wildman–Crippen LogP) is 5.44. The van der Waals surface area contributed by atoms with Crippen LogP contribution in [0, 0.1) is 4.84 Å². The van der Waals surface area contributed by atoms with Crippen molar-refractivity contribution in [1.82, 2.24) is 20.4 Å². The molecule has 0 unspecified atom stereocenters. The van der Waals surface area contributed by atoms with Crippen LogP contribution in [0.2, 0.25) is 0 Å². The third kappa shape index (κ3) is 2.70. The molecule has 0 aliphatic carbocycles. The lowest BCUT2D eigenvalue weighted by Gasteiger charge is -2.10. The fourth-order valence-electron chi connectivity index (χ4n) is 3.13. The van der Waals surface area contributed by atoms with Crippen LogP contribution in [0.1, 0.15) is 0 Å². The molecule has 2 N–H and O–H groups in total. The average Bonchev–Trinajstić information content (AvgIpc) is 3.32. The van der Waals surface area contributed by atoms with Gasteiger partial charge in [0.1, 0.15) is 16.3 Å². The van der Waals surface area contributed by atoms with Crippen molar-refractivity contribution < 1.29 is 9.52 Å². The third-order valence-electron chi connectivity index (χ3n) is 4.33. The zero-order valence-electron chi connectivity index (χ0n) is 14.3. The number of thiophene rings is 1. The van der Waals surface area contributed by atoms with Crippen molar-refractivity contribution in [3.63, 3.8) is 0 Å². The maximum atomic E-state index is 11.1. The summed E-state index contributed by atoms with van der Waals surface area (Å²) in [7, 11) is 0. The van der Waals surface area contributed by atoms with E-state index in [1.807, 2.05) is 60.7 Å². The van der Waals surface area contributed by atoms with Gasteiger partial charge in [0, 0.05) is 11.1 Å². The zero-order chi connectivity index (χ0) is 19.1. The Morgan fingerprint density at radius 2 is 1.61 bits per heavy atom. The molecule has 5 aromatic rings. The maximum absolute atomic E-state index is 11.1. The van der Waals surface area contributed by atoms with Crippen molar-refractivity contribution in [2.75, 3.05) is 0 Å². The number of hydrogen-bond acceptors (Lipinski definition) is 7. The van der Waals surface area contributed by atoms with Crippen molar-refractivity contribution in [2.45, 2.75) is 0 Å². The summed E-state index contributed by atoms with van der Waals surface area (Å²) >= 11 is 6.21. The number of rotatable bonds is 3. The Morgan fingerprint density at radius 3 is 2.25 bits per heavy atom. The van der Waals surface area contributed by atoms with Crippen LogP contribution in [0.4, 0.5) is 0 Å². The van der Waals surface area contributed by atoms with Crippen molar-refractivity contribution in [3.8, 4) is 38.9 Å². The normalized spacial score (nSPS) is 11.1. The maximum Gasteiger partial charge on any atom is 0.284 e. The van der Waals surface area contributed by atoms with Gasteiger partial charge in [-0.3, -0.25) is 0 Å². The predicted molar refractivity (Wildman–Crippen MR) is 111 cm³/mol. The van der Waals surface area contributed by atoms with Gasteiger partial charge < -0.3 is 9.52 Å². The van der Waals surface area contributed by atoms with Crippen molar-refractivity contribution >= 4 is 33.8 Å². The van der Waals surface area contributed by atoms with Gasteiger partial charge in [-0.15, -0.1) is 26.6 Å². The summed E-state index contributed by atoms with van der Waals surface area (Å²) < 4.78 is 5.39. The van der Waals surface area contributed by atoms with Crippen LogP contribution in [0.5, 0.6) is 5.75 Å². The Balaban J connectivity index is 1.87. The minimum Gasteiger partial charge on any atom is -0.505 e. The van der Waals surface area contributed by atoms with Crippen LogP contribution in [0.15, 0.2) is 65.1 Å². The first kappa shape index (κ1) is 16.8. The Bertz CT molecular complexity index is 1340. The lowest BCUT2D eigenvalue weighted by molar-refractivity contribution is 0.480. The molecule has 0 radical (unpaired) electrons. The van der Waals surface area contributed by atoms with Gasteiger partial charge in [-0.2, -0.15) is 0 Å². The smallest absolute Gasteiger partial charge is 0.284 e. The topological polar surface area (TPSA) is 87.8 Å². The second kappa shape index (κ2) is 6.66. The lowest BCUT2D eigenvalue weighted by Crippen LogP contribution is -1.93. The molecule has 0 atom stereocenters. The summed E-state index contributed by atoms with van der Waals surface area (Å²) in [5.74, 6) is 0.280. The monoisotopic (exact) mass is 404 g/mol. The molecule has 3 heterocycles. The number of benzene rings is 2. The van der Waals surface area contributed by atoms with Gasteiger partial charge in [0.15, 0.2) is 4.83 Å². The Labute approximate surface area is 168 Å². The number of nitrogens with zero attached hydrogens (tertiary/aromatic N) is 3. The number of H-pyrrole nitrogens is 1. The molecule has 0 bridgehead atoms. The highest BCUT2D eigenvalue weighted by atomic mass is 32.1. The van der Waals surface area contributed by atoms with Gasteiger partial charge >= 0.3 is 0 Å². The molecule has 0 aliphatic heterocycles. The molecule has 6 nitrogen and oxygen atoms in total. The standard InChI is InChI=1S/C20H12N4O2S2/c25-16-14-13(11-7-3-1-4-8-11)15(12-9-5-2-6-10-12)21-23-19(14)28-17(16)18-22-24-20(27)26-18/h1-10,25H,(H,24,27). The number of nitrogens with one attached hydrogen (secondary N) is 1. The fraction of sp³-hybridized carbons (Fsp3) is 0. The molecule has 3 aromatic heterocycles. The van der Waals surface area contributed by atoms with Crippen LogP contribution in [-0.4, -0.2) is 25.5 Å². The van der Waals surface area contributed by atoms with Crippen LogP contribution >= 0.6 is 23.6 Å². The van der Waals surface area contributed by atoms with Crippen molar-refractivity contribution in [2.24, 2.45) is 0 Å². The first-order valence-electron chi connectivity index (χ1n) is 8.41. The third-order valence-corrected chi connectivity index (χ3v) is 5.56. The first-order chi connectivity index (χ1) is 13.7.